The summed E-state index contributed by atoms with van der Waals surface area (Å²) in [7, 11) is 0. The van der Waals surface area contributed by atoms with Crippen molar-refractivity contribution in [3.8, 4) is 0 Å². The highest BCUT2D eigenvalue weighted by molar-refractivity contribution is 7.93. The van der Waals surface area contributed by atoms with Crippen molar-refractivity contribution >= 4 is 56.7 Å². The zero-order valence-electron chi connectivity index (χ0n) is 12.6. The number of fused-ring (bicyclic) bond motifs is 1. The molecule has 1 atom stereocenters. The highest BCUT2D eigenvalue weighted by Crippen LogP contribution is 2.32. The third-order valence-electron chi connectivity index (χ3n) is 3.18. The second-order valence-electron chi connectivity index (χ2n) is 5.35. The smallest absolute Gasteiger partial charge is 0.309 e. The molecule has 0 N–H and O–H groups in total. The van der Waals surface area contributed by atoms with Gasteiger partial charge in [-0.2, -0.15) is 9.97 Å². The lowest BCUT2D eigenvalue weighted by Crippen LogP contribution is -2.11. The lowest BCUT2D eigenvalue weighted by atomic mass is 10.1. The molecule has 2 aromatic heterocycles. The maximum atomic E-state index is 12.9. The molecule has 120 valence electrons. The lowest BCUT2D eigenvalue weighted by Gasteiger charge is -2.13. The predicted molar refractivity (Wildman–Crippen MR) is 95.2 cm³/mol. The largest absolute Gasteiger partial charge is 0.603 e. The maximum Gasteiger partial charge on any atom is 0.309 e. The lowest BCUT2D eigenvalue weighted by molar-refractivity contribution is 0.586. The van der Waals surface area contributed by atoms with E-state index in [1.165, 1.54) is 11.3 Å². The fourth-order valence-corrected chi connectivity index (χ4v) is 4.67. The molecule has 3 aromatic rings. The van der Waals surface area contributed by atoms with Gasteiger partial charge in [0.15, 0.2) is 0 Å². The van der Waals surface area contributed by atoms with E-state index in [1.54, 1.807) is 12.1 Å². The molecular formula is C15H13Cl2N3OS2. The third kappa shape index (κ3) is 3.32. The minimum atomic E-state index is -1.47. The Labute approximate surface area is 151 Å². The van der Waals surface area contributed by atoms with Crippen molar-refractivity contribution in [1.82, 2.24) is 15.0 Å². The topological polar surface area (TPSA) is 61.7 Å². The molecule has 2 heterocycles. The number of aryl methyl sites for hydroxylation is 1. The van der Waals surface area contributed by atoms with Crippen LogP contribution in [0, 0.1) is 6.92 Å². The molecule has 1 unspecified atom stereocenters. The second-order valence-corrected chi connectivity index (χ2v) is 8.59. The van der Waals surface area contributed by atoms with Gasteiger partial charge in [-0.15, -0.1) is 0 Å². The van der Waals surface area contributed by atoms with Crippen molar-refractivity contribution in [2.24, 2.45) is 0 Å². The van der Waals surface area contributed by atoms with E-state index in [2.05, 4.69) is 15.0 Å². The number of benzene rings is 1. The number of rotatable bonds is 3. The minimum Gasteiger partial charge on any atom is -0.603 e. The van der Waals surface area contributed by atoms with E-state index in [4.69, 9.17) is 23.2 Å². The van der Waals surface area contributed by atoms with Crippen molar-refractivity contribution < 1.29 is 4.55 Å². The summed E-state index contributed by atoms with van der Waals surface area (Å²) in [6.45, 7) is 5.84. The molecule has 1 aromatic carbocycles. The van der Waals surface area contributed by atoms with Gasteiger partial charge in [-0.3, -0.25) is 0 Å². The van der Waals surface area contributed by atoms with E-state index in [0.717, 1.165) is 5.69 Å². The van der Waals surface area contributed by atoms with Crippen LogP contribution in [0.15, 0.2) is 26.9 Å². The average molecular weight is 386 g/mol. The van der Waals surface area contributed by atoms with Gasteiger partial charge in [0, 0.05) is 11.3 Å². The van der Waals surface area contributed by atoms with E-state index >= 15 is 0 Å². The van der Waals surface area contributed by atoms with Crippen LogP contribution in [0.2, 0.25) is 10.0 Å². The van der Waals surface area contributed by atoms with Gasteiger partial charge in [-0.05, 0) is 19.1 Å². The van der Waals surface area contributed by atoms with E-state index in [9.17, 15) is 4.55 Å². The van der Waals surface area contributed by atoms with Gasteiger partial charge in [-0.1, -0.05) is 48.4 Å². The molecule has 3 rings (SSSR count). The molecule has 0 amide bonds. The molecule has 0 aliphatic rings. The molecule has 4 nitrogen and oxygen atoms in total. The molecule has 0 radical (unpaired) electrons. The molecule has 0 fully saturated rings. The summed E-state index contributed by atoms with van der Waals surface area (Å²) in [4.78, 5) is 13.5. The van der Waals surface area contributed by atoms with Crippen molar-refractivity contribution in [1.29, 1.82) is 0 Å². The number of hydrogen-bond donors (Lipinski definition) is 0. The Bertz CT molecular complexity index is 883. The quantitative estimate of drug-likeness (QED) is 0.595. The van der Waals surface area contributed by atoms with Crippen LogP contribution in [0.3, 0.4) is 0 Å². The van der Waals surface area contributed by atoms with Crippen LogP contribution in [0.4, 0.5) is 0 Å². The highest BCUT2D eigenvalue weighted by atomic mass is 35.5. The van der Waals surface area contributed by atoms with Crippen molar-refractivity contribution in [2.45, 2.75) is 36.1 Å². The standard InChI is InChI=1S/C15H13Cl2N3OS2/c1-7(2)13-14(23(21)15-18-8(3)6-22-15)20-12-5-10(17)9(16)4-11(12)19-13/h4-7H,1-3H3. The number of aromatic nitrogens is 3. The van der Waals surface area contributed by atoms with Crippen LogP contribution in [-0.2, 0) is 11.2 Å². The Balaban J connectivity index is 2.21. The first kappa shape index (κ1) is 16.9. The van der Waals surface area contributed by atoms with Crippen LogP contribution in [0.1, 0.15) is 31.2 Å². The van der Waals surface area contributed by atoms with Gasteiger partial charge in [0.05, 0.1) is 37.9 Å². The van der Waals surface area contributed by atoms with Crippen molar-refractivity contribution in [2.75, 3.05) is 0 Å². The number of halogens is 2. The second kappa shape index (κ2) is 6.53. The van der Waals surface area contributed by atoms with Gasteiger partial charge in [0.2, 0.25) is 0 Å². The van der Waals surface area contributed by atoms with E-state index in [1.807, 2.05) is 26.2 Å². The normalized spacial score (nSPS) is 13.0. The summed E-state index contributed by atoms with van der Waals surface area (Å²) < 4.78 is 13.4. The minimum absolute atomic E-state index is 0.0707. The first-order valence-electron chi connectivity index (χ1n) is 6.87. The number of thiazole rings is 1. The first-order valence-corrected chi connectivity index (χ1v) is 9.66. The molecular weight excluding hydrogens is 373 g/mol. The van der Waals surface area contributed by atoms with E-state index in [-0.39, 0.29) is 5.92 Å². The molecule has 0 aliphatic heterocycles. The molecule has 0 aliphatic carbocycles. The summed E-state index contributed by atoms with van der Waals surface area (Å²) in [6.07, 6.45) is 0. The van der Waals surface area contributed by atoms with E-state index in [0.29, 0.717) is 36.1 Å². The number of nitrogens with zero attached hydrogens (tertiary/aromatic N) is 3. The fourth-order valence-electron chi connectivity index (χ4n) is 2.06. The van der Waals surface area contributed by atoms with Crippen LogP contribution < -0.4 is 0 Å². The van der Waals surface area contributed by atoms with Gasteiger partial charge in [0.25, 0.3) is 5.03 Å². The van der Waals surface area contributed by atoms with Gasteiger partial charge in [-0.25, -0.2) is 4.98 Å². The van der Waals surface area contributed by atoms with Gasteiger partial charge in [0.1, 0.15) is 5.69 Å². The van der Waals surface area contributed by atoms with Crippen LogP contribution in [0.5, 0.6) is 0 Å². The zero-order valence-corrected chi connectivity index (χ0v) is 15.8. The molecule has 8 heteroatoms. The SMILES string of the molecule is Cc1csc([S+]([O-])c2nc3cc(Cl)c(Cl)cc3nc2C(C)C)n1. The van der Waals surface area contributed by atoms with Crippen LogP contribution in [0.25, 0.3) is 11.0 Å². The van der Waals surface area contributed by atoms with Crippen LogP contribution in [-0.4, -0.2) is 19.5 Å². The summed E-state index contributed by atoms with van der Waals surface area (Å²) >= 11 is 12.0. The Morgan fingerprint density at radius 1 is 1.09 bits per heavy atom. The first-order chi connectivity index (χ1) is 10.9. The summed E-state index contributed by atoms with van der Waals surface area (Å²) in [5, 5.41) is 3.12. The van der Waals surface area contributed by atoms with Gasteiger partial charge >= 0.3 is 4.34 Å². The summed E-state index contributed by atoms with van der Waals surface area (Å²) in [5.74, 6) is 0.0707. The Morgan fingerprint density at radius 3 is 2.22 bits per heavy atom. The fraction of sp³-hybridized carbons (Fsp3) is 0.267. The highest BCUT2D eigenvalue weighted by Gasteiger charge is 2.28. The molecule has 0 saturated heterocycles. The van der Waals surface area contributed by atoms with Crippen molar-refractivity contribution in [3.63, 3.8) is 0 Å². The Hall–Kier alpha value is -0.920. The summed E-state index contributed by atoms with van der Waals surface area (Å²) in [5.41, 5.74) is 2.73. The molecule has 0 spiro atoms. The monoisotopic (exact) mass is 385 g/mol. The Morgan fingerprint density at radius 2 is 1.70 bits per heavy atom. The average Bonchev–Trinajstić information content (AvgIpc) is 2.93. The van der Waals surface area contributed by atoms with Crippen LogP contribution >= 0.6 is 34.5 Å². The maximum absolute atomic E-state index is 12.9. The summed E-state index contributed by atoms with van der Waals surface area (Å²) in [6, 6.07) is 3.32. The third-order valence-corrected chi connectivity index (χ3v) is 6.46. The molecule has 23 heavy (non-hydrogen) atoms. The van der Waals surface area contributed by atoms with E-state index < -0.39 is 11.2 Å². The molecule has 0 saturated carbocycles. The molecule has 0 bridgehead atoms. The van der Waals surface area contributed by atoms with Crippen molar-refractivity contribution in [3.05, 3.63) is 38.9 Å². The zero-order chi connectivity index (χ0) is 16.7. The predicted octanol–water partition coefficient (Wildman–Crippen LogP) is 4.99. The Kier molecular flexibility index (Phi) is 4.80. The van der Waals surface area contributed by atoms with Gasteiger partial charge < -0.3 is 4.55 Å². The number of hydrogen-bond acceptors (Lipinski definition) is 5.